The standard InChI is InChI=1S/C21H14BrN7O3S2/c22-13-3-7-15(8-4-13)28-19(17-2-1-11-32-17)25-27-21(28)33-12-18-24-26-20(34-18)23-14-5-9-16(10-6-14)29(30)31/h1-11H,12H2,(H,23,26). The normalized spacial score (nSPS) is 11.0. The predicted molar refractivity (Wildman–Crippen MR) is 133 cm³/mol. The van der Waals surface area contributed by atoms with Crippen LogP contribution < -0.4 is 5.32 Å². The first kappa shape index (κ1) is 22.3. The van der Waals surface area contributed by atoms with E-state index in [2.05, 4.69) is 41.6 Å². The van der Waals surface area contributed by atoms with Crippen molar-refractivity contribution in [3.05, 3.63) is 86.5 Å². The quantitative estimate of drug-likeness (QED) is 0.137. The molecule has 2 aromatic carbocycles. The molecule has 0 bridgehead atoms. The summed E-state index contributed by atoms with van der Waals surface area (Å²) in [5.74, 6) is 1.76. The van der Waals surface area contributed by atoms with E-state index in [-0.39, 0.29) is 5.69 Å². The van der Waals surface area contributed by atoms with Crippen LogP contribution in [0.3, 0.4) is 0 Å². The zero-order valence-electron chi connectivity index (χ0n) is 17.2. The van der Waals surface area contributed by atoms with Crippen LogP contribution in [0.15, 0.2) is 81.0 Å². The zero-order chi connectivity index (χ0) is 23.5. The van der Waals surface area contributed by atoms with Gasteiger partial charge in [-0.1, -0.05) is 39.0 Å². The van der Waals surface area contributed by atoms with Gasteiger partial charge in [0.25, 0.3) is 5.69 Å². The number of nitro groups is 1. The number of non-ortho nitro benzene ring substituents is 1. The molecule has 0 saturated heterocycles. The van der Waals surface area contributed by atoms with Gasteiger partial charge in [0.1, 0.15) is 5.01 Å². The summed E-state index contributed by atoms with van der Waals surface area (Å²) in [6, 6.07) is 17.6. The molecule has 0 atom stereocenters. The van der Waals surface area contributed by atoms with Gasteiger partial charge in [-0.25, -0.2) is 0 Å². The third-order valence-corrected chi connectivity index (χ3v) is 7.07. The fourth-order valence-electron chi connectivity index (χ4n) is 3.03. The minimum absolute atomic E-state index is 0.0312. The number of benzene rings is 2. The van der Waals surface area contributed by atoms with E-state index >= 15 is 0 Å². The van der Waals surface area contributed by atoms with E-state index < -0.39 is 4.92 Å². The smallest absolute Gasteiger partial charge is 0.269 e. The Hall–Kier alpha value is -3.55. The second-order valence-electron chi connectivity index (χ2n) is 6.81. The number of nitro benzene ring substituents is 1. The molecule has 3 heterocycles. The van der Waals surface area contributed by atoms with E-state index in [4.69, 9.17) is 4.42 Å². The molecule has 13 heteroatoms. The van der Waals surface area contributed by atoms with Gasteiger partial charge in [0.15, 0.2) is 10.9 Å². The highest BCUT2D eigenvalue weighted by atomic mass is 79.9. The Morgan fingerprint density at radius 1 is 1.06 bits per heavy atom. The van der Waals surface area contributed by atoms with E-state index in [0.29, 0.717) is 33.3 Å². The van der Waals surface area contributed by atoms with Gasteiger partial charge in [-0.3, -0.25) is 14.7 Å². The fraction of sp³-hybridized carbons (Fsp3) is 0.0476. The van der Waals surface area contributed by atoms with Crippen LogP contribution in [-0.2, 0) is 5.75 Å². The third-order valence-electron chi connectivity index (χ3n) is 4.58. The monoisotopic (exact) mass is 555 g/mol. The van der Waals surface area contributed by atoms with Gasteiger partial charge in [0.2, 0.25) is 11.0 Å². The molecule has 0 aliphatic rings. The molecule has 5 rings (SSSR count). The Kier molecular flexibility index (Phi) is 6.38. The summed E-state index contributed by atoms with van der Waals surface area (Å²) >= 11 is 6.35. The summed E-state index contributed by atoms with van der Waals surface area (Å²) in [4.78, 5) is 10.4. The molecule has 170 valence electrons. The maximum atomic E-state index is 10.8. The van der Waals surface area contributed by atoms with Gasteiger partial charge >= 0.3 is 0 Å². The number of rotatable bonds is 8. The molecule has 0 radical (unpaired) electrons. The van der Waals surface area contributed by atoms with Gasteiger partial charge in [0, 0.05) is 28.0 Å². The van der Waals surface area contributed by atoms with Crippen LogP contribution >= 0.6 is 39.0 Å². The van der Waals surface area contributed by atoms with Crippen LogP contribution in [0.1, 0.15) is 5.01 Å². The predicted octanol–water partition coefficient (Wildman–Crippen LogP) is 6.09. The second-order valence-corrected chi connectivity index (χ2v) is 9.73. The molecule has 0 amide bonds. The van der Waals surface area contributed by atoms with Crippen molar-refractivity contribution in [2.24, 2.45) is 0 Å². The maximum Gasteiger partial charge on any atom is 0.269 e. The van der Waals surface area contributed by atoms with Crippen molar-refractivity contribution in [3.8, 4) is 17.3 Å². The Labute approximate surface area is 209 Å². The molecule has 3 aromatic heterocycles. The highest BCUT2D eigenvalue weighted by Gasteiger charge is 2.19. The number of furan rings is 1. The van der Waals surface area contributed by atoms with Crippen molar-refractivity contribution < 1.29 is 9.34 Å². The number of hydrogen-bond donors (Lipinski definition) is 1. The highest BCUT2D eigenvalue weighted by molar-refractivity contribution is 9.10. The Bertz CT molecular complexity index is 1420. The number of nitrogens with zero attached hydrogens (tertiary/aromatic N) is 6. The van der Waals surface area contributed by atoms with Crippen LogP contribution in [0.4, 0.5) is 16.5 Å². The second kappa shape index (κ2) is 9.75. The Morgan fingerprint density at radius 3 is 2.56 bits per heavy atom. The molecule has 0 fully saturated rings. The highest BCUT2D eigenvalue weighted by Crippen LogP contribution is 2.32. The van der Waals surface area contributed by atoms with Crippen LogP contribution in [0, 0.1) is 10.1 Å². The lowest BCUT2D eigenvalue weighted by atomic mass is 10.3. The molecule has 1 N–H and O–H groups in total. The number of thioether (sulfide) groups is 1. The summed E-state index contributed by atoms with van der Waals surface area (Å²) in [5.41, 5.74) is 1.63. The van der Waals surface area contributed by atoms with Gasteiger partial charge in [-0.2, -0.15) is 0 Å². The van der Waals surface area contributed by atoms with E-state index in [9.17, 15) is 10.1 Å². The lowest BCUT2D eigenvalue weighted by Crippen LogP contribution is -1.99. The zero-order valence-corrected chi connectivity index (χ0v) is 20.4. The summed E-state index contributed by atoms with van der Waals surface area (Å²) < 4.78 is 8.46. The van der Waals surface area contributed by atoms with E-state index in [0.717, 1.165) is 15.2 Å². The summed E-state index contributed by atoms with van der Waals surface area (Å²) in [6.45, 7) is 0. The van der Waals surface area contributed by atoms with Crippen LogP contribution in [0.25, 0.3) is 17.3 Å². The number of anilines is 2. The van der Waals surface area contributed by atoms with Crippen molar-refractivity contribution >= 4 is 55.5 Å². The minimum atomic E-state index is -0.436. The lowest BCUT2D eigenvalue weighted by Gasteiger charge is -2.08. The van der Waals surface area contributed by atoms with Crippen LogP contribution in [0.2, 0.25) is 0 Å². The SMILES string of the molecule is O=[N+]([O-])c1ccc(Nc2nnc(CSc3nnc(-c4ccco4)n3-c3ccc(Br)cc3)s2)cc1. The van der Waals surface area contributed by atoms with Crippen molar-refractivity contribution in [1.29, 1.82) is 0 Å². The van der Waals surface area contributed by atoms with Crippen molar-refractivity contribution in [2.75, 3.05) is 5.32 Å². The minimum Gasteiger partial charge on any atom is -0.461 e. The third kappa shape index (κ3) is 4.85. The first-order valence-corrected chi connectivity index (χ1v) is 12.4. The first-order chi connectivity index (χ1) is 16.6. The van der Waals surface area contributed by atoms with E-state index in [1.165, 1.54) is 35.2 Å². The average Bonchev–Trinajstić information content (AvgIpc) is 3.60. The topological polar surface area (TPSA) is 125 Å². The van der Waals surface area contributed by atoms with E-state index in [1.54, 1.807) is 18.4 Å². The molecule has 0 saturated carbocycles. The van der Waals surface area contributed by atoms with Crippen LogP contribution in [-0.4, -0.2) is 29.9 Å². The first-order valence-electron chi connectivity index (χ1n) is 9.79. The Balaban J connectivity index is 1.33. The molecule has 0 spiro atoms. The molecule has 34 heavy (non-hydrogen) atoms. The number of hydrogen-bond acceptors (Lipinski definition) is 10. The number of aromatic nitrogens is 5. The largest absolute Gasteiger partial charge is 0.461 e. The average molecular weight is 556 g/mol. The molecule has 0 unspecified atom stereocenters. The van der Waals surface area contributed by atoms with Crippen molar-refractivity contribution in [3.63, 3.8) is 0 Å². The molecule has 10 nitrogen and oxygen atoms in total. The molecule has 0 aliphatic carbocycles. The summed E-state index contributed by atoms with van der Waals surface area (Å²) in [6.07, 6.45) is 1.60. The number of halogens is 1. The fourth-order valence-corrected chi connectivity index (χ4v) is 4.99. The summed E-state index contributed by atoms with van der Waals surface area (Å²) in [5, 5.41) is 33.1. The number of nitrogens with one attached hydrogen (secondary N) is 1. The Morgan fingerprint density at radius 2 is 1.85 bits per heavy atom. The van der Waals surface area contributed by atoms with Gasteiger partial charge < -0.3 is 9.73 Å². The van der Waals surface area contributed by atoms with Crippen molar-refractivity contribution in [2.45, 2.75) is 10.9 Å². The molecular weight excluding hydrogens is 542 g/mol. The molecule has 5 aromatic rings. The molecular formula is C21H14BrN7O3S2. The maximum absolute atomic E-state index is 10.8. The summed E-state index contributed by atoms with van der Waals surface area (Å²) in [7, 11) is 0. The molecule has 0 aliphatic heterocycles. The van der Waals surface area contributed by atoms with Crippen molar-refractivity contribution in [1.82, 2.24) is 25.0 Å². The van der Waals surface area contributed by atoms with E-state index in [1.807, 2.05) is 41.0 Å². The van der Waals surface area contributed by atoms with Gasteiger partial charge in [0.05, 0.1) is 16.9 Å². The van der Waals surface area contributed by atoms with Crippen LogP contribution in [0.5, 0.6) is 0 Å². The lowest BCUT2D eigenvalue weighted by molar-refractivity contribution is -0.384. The van der Waals surface area contributed by atoms with Gasteiger partial charge in [-0.15, -0.1) is 20.4 Å². The van der Waals surface area contributed by atoms with Gasteiger partial charge in [-0.05, 0) is 48.5 Å².